The predicted octanol–water partition coefficient (Wildman–Crippen LogP) is 3.26. The molecule has 4 aliphatic carbocycles. The summed E-state index contributed by atoms with van der Waals surface area (Å²) in [6.45, 7) is 3.27. The molecule has 0 radical (unpaired) electrons. The van der Waals surface area contributed by atoms with Crippen LogP contribution in [0.1, 0.15) is 47.9 Å². The van der Waals surface area contributed by atoms with Crippen LogP contribution in [0.15, 0.2) is 48.5 Å². The van der Waals surface area contributed by atoms with E-state index in [1.807, 2.05) is 31.2 Å². The second kappa shape index (κ2) is 4.54. The van der Waals surface area contributed by atoms with Gasteiger partial charge in [-0.3, -0.25) is 14.4 Å². The smallest absolute Gasteiger partial charge is 0.158 e. The molecule has 6 rings (SSSR count). The minimum absolute atomic E-state index is 0.136. The zero-order valence-electron chi connectivity index (χ0n) is 14.2. The van der Waals surface area contributed by atoms with Gasteiger partial charge in [0.2, 0.25) is 0 Å². The normalized spacial score (nSPS) is 34.5. The number of rotatable bonds is 1. The molecule has 0 amide bonds. The van der Waals surface area contributed by atoms with Gasteiger partial charge in [0.1, 0.15) is 11.7 Å². The van der Waals surface area contributed by atoms with Crippen molar-refractivity contribution >= 4 is 17.3 Å². The number of Topliss-reactive ketones (excluding diaryl/α,β-unsaturated/α-hetero) is 3. The Hall–Kier alpha value is -2.55. The van der Waals surface area contributed by atoms with E-state index in [4.69, 9.17) is 0 Å². The van der Waals surface area contributed by atoms with Gasteiger partial charge in [0.15, 0.2) is 11.6 Å². The van der Waals surface area contributed by atoms with Crippen molar-refractivity contribution in [1.82, 2.24) is 0 Å². The molecular weight excluding hydrogens is 312 g/mol. The summed E-state index contributed by atoms with van der Waals surface area (Å²) in [5, 5.41) is 0. The summed E-state index contributed by atoms with van der Waals surface area (Å²) >= 11 is 0. The molecule has 2 bridgehead atoms. The van der Waals surface area contributed by atoms with Gasteiger partial charge in [-0.25, -0.2) is 0 Å². The number of hydrogen-bond donors (Lipinski definition) is 0. The quantitative estimate of drug-likeness (QED) is 0.754. The Morgan fingerprint density at radius 1 is 0.880 bits per heavy atom. The van der Waals surface area contributed by atoms with E-state index in [1.54, 1.807) is 0 Å². The first-order valence-electron chi connectivity index (χ1n) is 8.74. The van der Waals surface area contributed by atoms with Gasteiger partial charge in [-0.1, -0.05) is 55.5 Å². The van der Waals surface area contributed by atoms with Crippen LogP contribution in [0.2, 0.25) is 0 Å². The standard InChI is InChI=1S/C22H18O3/c1-11(23)16-20(24)19-17-12-7-3-5-9-14(12)18(22(19,2)21(16)25)15-10-6-4-8-13(15)17/h3-10,16-19H,1-2H3/t16-,17?,18?,19+,22-/m1/s1. The van der Waals surface area contributed by atoms with E-state index in [0.717, 1.165) is 22.3 Å². The molecule has 0 saturated heterocycles. The van der Waals surface area contributed by atoms with Crippen LogP contribution < -0.4 is 0 Å². The Morgan fingerprint density at radius 2 is 1.36 bits per heavy atom. The lowest BCUT2D eigenvalue weighted by atomic mass is 9.48. The molecule has 2 aromatic rings. The van der Waals surface area contributed by atoms with Crippen molar-refractivity contribution < 1.29 is 14.4 Å². The third kappa shape index (κ3) is 1.50. The lowest BCUT2D eigenvalue weighted by Crippen LogP contribution is -2.49. The van der Waals surface area contributed by atoms with Crippen molar-refractivity contribution in [3.63, 3.8) is 0 Å². The van der Waals surface area contributed by atoms with Crippen molar-refractivity contribution in [2.45, 2.75) is 25.7 Å². The average Bonchev–Trinajstić information content (AvgIpc) is 2.81. The highest BCUT2D eigenvalue weighted by Gasteiger charge is 2.69. The molecule has 0 aromatic heterocycles. The second-order valence-electron chi connectivity index (χ2n) is 7.74. The van der Waals surface area contributed by atoms with E-state index >= 15 is 0 Å². The number of carbonyl (C=O) groups excluding carboxylic acids is 3. The lowest BCUT2D eigenvalue weighted by Gasteiger charge is -2.52. The number of benzene rings is 2. The highest BCUT2D eigenvalue weighted by Crippen LogP contribution is 2.67. The van der Waals surface area contributed by atoms with E-state index in [1.165, 1.54) is 6.92 Å². The van der Waals surface area contributed by atoms with Gasteiger partial charge < -0.3 is 0 Å². The zero-order chi connectivity index (χ0) is 17.5. The summed E-state index contributed by atoms with van der Waals surface area (Å²) in [5.41, 5.74) is 3.71. The Labute approximate surface area is 146 Å². The number of ketones is 3. The maximum atomic E-state index is 13.3. The fourth-order valence-electron chi connectivity index (χ4n) is 5.74. The topological polar surface area (TPSA) is 51.2 Å². The molecule has 0 aliphatic heterocycles. The first kappa shape index (κ1) is 14.8. The highest BCUT2D eigenvalue weighted by atomic mass is 16.2. The first-order valence-corrected chi connectivity index (χ1v) is 8.74. The second-order valence-corrected chi connectivity index (χ2v) is 7.74. The molecule has 0 unspecified atom stereocenters. The van der Waals surface area contributed by atoms with E-state index in [9.17, 15) is 14.4 Å². The van der Waals surface area contributed by atoms with Crippen LogP contribution >= 0.6 is 0 Å². The minimum atomic E-state index is -1.09. The molecule has 0 heterocycles. The van der Waals surface area contributed by atoms with E-state index < -0.39 is 17.3 Å². The fourth-order valence-corrected chi connectivity index (χ4v) is 5.74. The average molecular weight is 330 g/mol. The van der Waals surface area contributed by atoms with Gasteiger partial charge in [0.05, 0.1) is 0 Å². The van der Waals surface area contributed by atoms with Crippen LogP contribution in [0.25, 0.3) is 0 Å². The van der Waals surface area contributed by atoms with Gasteiger partial charge >= 0.3 is 0 Å². The fraction of sp³-hybridized carbons (Fsp3) is 0.318. The van der Waals surface area contributed by atoms with Crippen molar-refractivity contribution in [2.24, 2.45) is 17.3 Å². The molecule has 25 heavy (non-hydrogen) atoms. The van der Waals surface area contributed by atoms with Gasteiger partial charge in [-0.2, -0.15) is 0 Å². The Morgan fingerprint density at radius 3 is 1.84 bits per heavy atom. The van der Waals surface area contributed by atoms with Crippen LogP contribution in [0.3, 0.4) is 0 Å². The molecule has 3 heteroatoms. The largest absolute Gasteiger partial charge is 0.299 e. The van der Waals surface area contributed by atoms with Crippen LogP contribution in [0.5, 0.6) is 0 Å². The Bertz CT molecular complexity index is 925. The van der Waals surface area contributed by atoms with Crippen molar-refractivity contribution in [2.75, 3.05) is 0 Å². The van der Waals surface area contributed by atoms with E-state index in [-0.39, 0.29) is 29.2 Å². The Balaban J connectivity index is 1.87. The summed E-state index contributed by atoms with van der Waals surface area (Å²) in [5.74, 6) is -2.52. The molecule has 0 spiro atoms. The molecule has 2 aromatic carbocycles. The molecule has 124 valence electrons. The molecule has 1 fully saturated rings. The number of carbonyl (C=O) groups is 3. The van der Waals surface area contributed by atoms with Crippen LogP contribution in [-0.2, 0) is 14.4 Å². The van der Waals surface area contributed by atoms with E-state index in [0.29, 0.717) is 0 Å². The maximum absolute atomic E-state index is 13.3. The van der Waals surface area contributed by atoms with E-state index in [2.05, 4.69) is 24.3 Å². The van der Waals surface area contributed by atoms with Crippen molar-refractivity contribution in [3.8, 4) is 0 Å². The van der Waals surface area contributed by atoms with Crippen molar-refractivity contribution in [1.29, 1.82) is 0 Å². The highest BCUT2D eigenvalue weighted by molar-refractivity contribution is 6.27. The summed E-state index contributed by atoms with van der Waals surface area (Å²) in [4.78, 5) is 38.5. The molecule has 1 saturated carbocycles. The van der Waals surface area contributed by atoms with Crippen LogP contribution in [0.4, 0.5) is 0 Å². The third-order valence-corrected chi connectivity index (χ3v) is 6.65. The summed E-state index contributed by atoms with van der Waals surface area (Å²) in [7, 11) is 0. The van der Waals surface area contributed by atoms with Crippen LogP contribution in [-0.4, -0.2) is 17.3 Å². The molecule has 0 N–H and O–H groups in total. The predicted molar refractivity (Wildman–Crippen MR) is 92.4 cm³/mol. The SMILES string of the molecule is CC(=O)[C@@H]1C(=O)[C@@H]2C3c4ccccc4C(c4ccccc43)[C@@]2(C)C1=O. The van der Waals surface area contributed by atoms with Gasteiger partial charge in [-0.05, 0) is 29.2 Å². The van der Waals surface area contributed by atoms with Gasteiger partial charge in [0.25, 0.3) is 0 Å². The van der Waals surface area contributed by atoms with Gasteiger partial charge in [-0.15, -0.1) is 0 Å². The number of hydrogen-bond acceptors (Lipinski definition) is 3. The molecule has 3 atom stereocenters. The van der Waals surface area contributed by atoms with Crippen LogP contribution in [0, 0.1) is 17.3 Å². The zero-order valence-corrected chi connectivity index (χ0v) is 14.2. The maximum Gasteiger partial charge on any atom is 0.158 e. The summed E-state index contributed by atoms with van der Waals surface area (Å²) in [6.07, 6.45) is 0. The summed E-state index contributed by atoms with van der Waals surface area (Å²) < 4.78 is 0. The lowest BCUT2D eigenvalue weighted by molar-refractivity contribution is -0.137. The molecule has 3 nitrogen and oxygen atoms in total. The Kier molecular flexibility index (Phi) is 2.68. The molecule has 4 aliphatic rings. The van der Waals surface area contributed by atoms with Crippen molar-refractivity contribution in [3.05, 3.63) is 70.8 Å². The molecular formula is C22H18O3. The first-order chi connectivity index (χ1) is 12.0. The van der Waals surface area contributed by atoms with Gasteiger partial charge in [0, 0.05) is 23.2 Å². The summed E-state index contributed by atoms with van der Waals surface area (Å²) in [6, 6.07) is 16.2. The monoisotopic (exact) mass is 330 g/mol. The third-order valence-electron chi connectivity index (χ3n) is 6.65. The minimum Gasteiger partial charge on any atom is -0.299 e.